The molecule has 0 saturated carbocycles. The Morgan fingerprint density at radius 1 is 1.33 bits per heavy atom. The van der Waals surface area contributed by atoms with E-state index < -0.39 is 5.97 Å². The Morgan fingerprint density at radius 2 is 2.20 bits per heavy atom. The number of aliphatic carboxylic acids is 1. The van der Waals surface area contributed by atoms with Crippen molar-refractivity contribution in [2.45, 2.75) is 19.3 Å². The van der Waals surface area contributed by atoms with Gasteiger partial charge < -0.3 is 5.11 Å². The van der Waals surface area contributed by atoms with Crippen molar-refractivity contribution in [3.63, 3.8) is 0 Å². The SMILES string of the molecule is O=C(O)C1CCC=C2C=CC=CC=C2C1. The van der Waals surface area contributed by atoms with E-state index in [0.717, 1.165) is 18.4 Å². The standard InChI is InChI=1S/C13H14O2/c14-13(15)12-8-4-7-10-5-2-1-3-6-11(10)9-12/h1-3,5-7,12H,4,8-9H2,(H,14,15). The molecule has 2 aliphatic rings. The second-order valence-electron chi connectivity index (χ2n) is 3.91. The minimum Gasteiger partial charge on any atom is -0.481 e. The third-order valence-electron chi connectivity index (χ3n) is 2.86. The maximum atomic E-state index is 11.0. The molecular formula is C13H14O2. The zero-order valence-corrected chi connectivity index (χ0v) is 8.52. The molecule has 2 aliphatic carbocycles. The molecule has 0 aromatic rings. The Kier molecular flexibility index (Phi) is 2.86. The zero-order valence-electron chi connectivity index (χ0n) is 8.52. The van der Waals surface area contributed by atoms with Crippen molar-refractivity contribution in [3.05, 3.63) is 47.6 Å². The summed E-state index contributed by atoms with van der Waals surface area (Å²) < 4.78 is 0. The number of carbonyl (C=O) groups is 1. The Morgan fingerprint density at radius 3 is 3.00 bits per heavy atom. The molecule has 1 atom stereocenters. The van der Waals surface area contributed by atoms with Gasteiger partial charge in [0.05, 0.1) is 5.92 Å². The highest BCUT2D eigenvalue weighted by Gasteiger charge is 2.21. The summed E-state index contributed by atoms with van der Waals surface area (Å²) in [4.78, 5) is 11.0. The van der Waals surface area contributed by atoms with Crippen LogP contribution in [0, 0.1) is 5.92 Å². The Hall–Kier alpha value is -1.57. The van der Waals surface area contributed by atoms with Gasteiger partial charge in [-0.25, -0.2) is 0 Å². The maximum Gasteiger partial charge on any atom is 0.306 e. The largest absolute Gasteiger partial charge is 0.481 e. The molecule has 0 amide bonds. The van der Waals surface area contributed by atoms with E-state index in [1.54, 1.807) is 0 Å². The quantitative estimate of drug-likeness (QED) is 0.709. The molecule has 0 heterocycles. The van der Waals surface area contributed by atoms with E-state index in [2.05, 4.69) is 12.2 Å². The molecule has 0 fully saturated rings. The van der Waals surface area contributed by atoms with Gasteiger partial charge in [0.25, 0.3) is 0 Å². The van der Waals surface area contributed by atoms with E-state index in [9.17, 15) is 4.79 Å². The Balaban J connectivity index is 2.26. The number of carboxylic acids is 1. The average molecular weight is 202 g/mol. The third-order valence-corrected chi connectivity index (χ3v) is 2.86. The maximum absolute atomic E-state index is 11.0. The van der Waals surface area contributed by atoms with Gasteiger partial charge in [-0.3, -0.25) is 4.79 Å². The van der Waals surface area contributed by atoms with Crippen LogP contribution in [-0.4, -0.2) is 11.1 Å². The van der Waals surface area contributed by atoms with Gasteiger partial charge in [-0.05, 0) is 30.4 Å². The van der Waals surface area contributed by atoms with Crippen LogP contribution < -0.4 is 0 Å². The van der Waals surface area contributed by atoms with Crippen LogP contribution in [0.1, 0.15) is 19.3 Å². The second kappa shape index (κ2) is 4.30. The van der Waals surface area contributed by atoms with Gasteiger partial charge in [0.1, 0.15) is 0 Å². The minimum absolute atomic E-state index is 0.232. The van der Waals surface area contributed by atoms with E-state index in [-0.39, 0.29) is 5.92 Å². The fourth-order valence-electron chi connectivity index (χ4n) is 2.00. The molecule has 78 valence electrons. The summed E-state index contributed by atoms with van der Waals surface area (Å²) in [5.41, 5.74) is 2.33. The highest BCUT2D eigenvalue weighted by atomic mass is 16.4. The Labute approximate surface area is 89.3 Å². The van der Waals surface area contributed by atoms with Gasteiger partial charge in [-0.1, -0.05) is 36.5 Å². The van der Waals surface area contributed by atoms with Crippen LogP contribution in [0.2, 0.25) is 0 Å². The summed E-state index contributed by atoms with van der Waals surface area (Å²) in [6.45, 7) is 0. The van der Waals surface area contributed by atoms with Crippen LogP contribution >= 0.6 is 0 Å². The molecule has 2 nitrogen and oxygen atoms in total. The number of hydrogen-bond acceptors (Lipinski definition) is 1. The molecule has 1 N–H and O–H groups in total. The Bertz CT molecular complexity index is 383. The average Bonchev–Trinajstić information content (AvgIpc) is 2.50. The molecule has 0 radical (unpaired) electrons. The van der Waals surface area contributed by atoms with E-state index in [0.29, 0.717) is 6.42 Å². The molecule has 2 heteroatoms. The third kappa shape index (κ3) is 2.27. The van der Waals surface area contributed by atoms with Crippen LogP contribution in [0.15, 0.2) is 47.6 Å². The van der Waals surface area contributed by atoms with Gasteiger partial charge in [-0.15, -0.1) is 0 Å². The molecule has 0 aromatic heterocycles. The first-order chi connectivity index (χ1) is 7.27. The smallest absolute Gasteiger partial charge is 0.306 e. The first-order valence-corrected chi connectivity index (χ1v) is 5.24. The lowest BCUT2D eigenvalue weighted by atomic mass is 9.95. The minimum atomic E-state index is -0.678. The van der Waals surface area contributed by atoms with Crippen molar-refractivity contribution in [2.24, 2.45) is 5.92 Å². The zero-order chi connectivity index (χ0) is 10.7. The number of rotatable bonds is 1. The topological polar surface area (TPSA) is 37.3 Å². The molecule has 2 rings (SSSR count). The molecule has 15 heavy (non-hydrogen) atoms. The lowest BCUT2D eigenvalue weighted by molar-refractivity contribution is -0.141. The van der Waals surface area contributed by atoms with Crippen LogP contribution in [-0.2, 0) is 4.79 Å². The summed E-state index contributed by atoms with van der Waals surface area (Å²) in [5.74, 6) is -0.910. The number of fused-ring (bicyclic) bond motifs is 1. The van der Waals surface area contributed by atoms with Crippen molar-refractivity contribution in [3.8, 4) is 0 Å². The van der Waals surface area contributed by atoms with Gasteiger partial charge in [0, 0.05) is 0 Å². The van der Waals surface area contributed by atoms with Crippen molar-refractivity contribution >= 4 is 5.97 Å². The summed E-state index contributed by atoms with van der Waals surface area (Å²) in [6.07, 6.45) is 14.4. The molecule has 1 unspecified atom stereocenters. The summed E-state index contributed by atoms with van der Waals surface area (Å²) in [6, 6.07) is 0. The van der Waals surface area contributed by atoms with Crippen molar-refractivity contribution in [1.29, 1.82) is 0 Å². The van der Waals surface area contributed by atoms with Crippen LogP contribution in [0.25, 0.3) is 0 Å². The van der Waals surface area contributed by atoms with Crippen LogP contribution in [0.3, 0.4) is 0 Å². The van der Waals surface area contributed by atoms with Gasteiger partial charge in [0.15, 0.2) is 0 Å². The highest BCUT2D eigenvalue weighted by molar-refractivity contribution is 5.71. The number of carboxylic acid groups (broad SMARTS) is 1. The van der Waals surface area contributed by atoms with E-state index in [1.165, 1.54) is 5.57 Å². The van der Waals surface area contributed by atoms with Crippen molar-refractivity contribution in [2.75, 3.05) is 0 Å². The normalized spacial score (nSPS) is 24.7. The summed E-state index contributed by atoms with van der Waals surface area (Å²) in [7, 11) is 0. The fraction of sp³-hybridized carbons (Fsp3) is 0.308. The first-order valence-electron chi connectivity index (χ1n) is 5.24. The van der Waals surface area contributed by atoms with E-state index in [1.807, 2.05) is 24.3 Å². The second-order valence-corrected chi connectivity index (χ2v) is 3.91. The lowest BCUT2D eigenvalue weighted by Crippen LogP contribution is -2.13. The molecule has 0 spiro atoms. The molecule has 0 bridgehead atoms. The van der Waals surface area contributed by atoms with Crippen molar-refractivity contribution < 1.29 is 9.90 Å². The van der Waals surface area contributed by atoms with Crippen LogP contribution in [0.5, 0.6) is 0 Å². The molecular weight excluding hydrogens is 188 g/mol. The van der Waals surface area contributed by atoms with E-state index in [4.69, 9.17) is 5.11 Å². The number of hydrogen-bond donors (Lipinski definition) is 1. The fourth-order valence-corrected chi connectivity index (χ4v) is 2.00. The van der Waals surface area contributed by atoms with E-state index >= 15 is 0 Å². The highest BCUT2D eigenvalue weighted by Crippen LogP contribution is 2.29. The molecule has 0 aliphatic heterocycles. The van der Waals surface area contributed by atoms with Gasteiger partial charge in [-0.2, -0.15) is 0 Å². The lowest BCUT2D eigenvalue weighted by Gasteiger charge is -2.10. The first kappa shape index (κ1) is 9.97. The summed E-state index contributed by atoms with van der Waals surface area (Å²) >= 11 is 0. The van der Waals surface area contributed by atoms with Gasteiger partial charge in [0.2, 0.25) is 0 Å². The predicted octanol–water partition coefficient (Wildman–Crippen LogP) is 2.85. The number of allylic oxidation sites excluding steroid dienone is 8. The van der Waals surface area contributed by atoms with Crippen LogP contribution in [0.4, 0.5) is 0 Å². The van der Waals surface area contributed by atoms with Gasteiger partial charge >= 0.3 is 5.97 Å². The monoisotopic (exact) mass is 202 g/mol. The molecule has 0 saturated heterocycles. The van der Waals surface area contributed by atoms with Crippen molar-refractivity contribution in [1.82, 2.24) is 0 Å². The molecule has 0 aromatic carbocycles. The predicted molar refractivity (Wildman–Crippen MR) is 59.4 cm³/mol. The summed E-state index contributed by atoms with van der Waals surface area (Å²) in [5, 5.41) is 9.04.